The van der Waals surface area contributed by atoms with E-state index in [1.165, 1.54) is 0 Å². The Morgan fingerprint density at radius 3 is 2.72 bits per heavy atom. The van der Waals surface area contributed by atoms with E-state index in [-0.39, 0.29) is 12.4 Å². The standard InChI is InChI=1S/C23H25I2NO6/c1-23(2)30-12-17-21(32-23)20(28)18(22(31-17)29-11-13-6-4-3-5-7-13)26-10-14-8-15(24)9-16(25)19(14)27/h3-10,17-18,20-22,27-28H,11-12H2,1-2H3/t17-,18-,20-,21-,22+/m1/s1. The lowest BCUT2D eigenvalue weighted by Crippen LogP contribution is -2.64. The first-order valence-electron chi connectivity index (χ1n) is 10.3. The van der Waals surface area contributed by atoms with Gasteiger partial charge in [0, 0.05) is 15.3 Å². The van der Waals surface area contributed by atoms with Crippen LogP contribution >= 0.6 is 45.2 Å². The summed E-state index contributed by atoms with van der Waals surface area (Å²) in [6, 6.07) is 12.7. The Labute approximate surface area is 214 Å². The van der Waals surface area contributed by atoms with Crippen LogP contribution in [-0.2, 0) is 25.6 Å². The van der Waals surface area contributed by atoms with E-state index in [0.717, 1.165) is 12.7 Å². The van der Waals surface area contributed by atoms with Crippen molar-refractivity contribution in [2.24, 2.45) is 4.99 Å². The summed E-state index contributed by atoms with van der Waals surface area (Å²) in [5, 5.41) is 21.6. The summed E-state index contributed by atoms with van der Waals surface area (Å²) in [5.74, 6) is -0.689. The van der Waals surface area contributed by atoms with Gasteiger partial charge in [-0.15, -0.1) is 0 Å². The Hall–Kier alpha value is -0.830. The number of phenolic OH excluding ortho intramolecular Hbond substituents is 1. The first kappa shape index (κ1) is 24.3. The minimum atomic E-state index is -0.974. The Kier molecular flexibility index (Phi) is 7.74. The summed E-state index contributed by atoms with van der Waals surface area (Å²) < 4.78 is 25.6. The largest absolute Gasteiger partial charge is 0.506 e. The van der Waals surface area contributed by atoms with Crippen LogP contribution < -0.4 is 0 Å². The minimum absolute atomic E-state index is 0.143. The van der Waals surface area contributed by atoms with Gasteiger partial charge >= 0.3 is 0 Å². The average molecular weight is 665 g/mol. The number of aliphatic hydroxyl groups is 1. The Morgan fingerprint density at radius 2 is 1.97 bits per heavy atom. The molecule has 7 nitrogen and oxygen atoms in total. The summed E-state index contributed by atoms with van der Waals surface area (Å²) in [5.41, 5.74) is 1.54. The molecular formula is C23H25I2NO6. The molecule has 2 heterocycles. The zero-order valence-corrected chi connectivity index (χ0v) is 22.0. The van der Waals surface area contributed by atoms with Gasteiger partial charge in [0.15, 0.2) is 12.1 Å². The molecule has 0 aliphatic carbocycles. The van der Waals surface area contributed by atoms with E-state index in [2.05, 4.69) is 50.2 Å². The van der Waals surface area contributed by atoms with Crippen LogP contribution in [0.1, 0.15) is 25.0 Å². The molecule has 0 unspecified atom stereocenters. The number of ether oxygens (including phenoxy) is 4. The third-order valence-corrected chi connectivity index (χ3v) is 6.80. The van der Waals surface area contributed by atoms with Crippen LogP contribution in [0.15, 0.2) is 47.5 Å². The van der Waals surface area contributed by atoms with Crippen molar-refractivity contribution < 1.29 is 29.2 Å². The number of fused-ring (bicyclic) bond motifs is 1. The van der Waals surface area contributed by atoms with Gasteiger partial charge in [-0.3, -0.25) is 4.99 Å². The van der Waals surface area contributed by atoms with Crippen molar-refractivity contribution >= 4 is 51.4 Å². The summed E-state index contributed by atoms with van der Waals surface area (Å²) in [6.45, 7) is 4.20. The summed E-state index contributed by atoms with van der Waals surface area (Å²) in [7, 11) is 0. The molecule has 0 bridgehead atoms. The van der Waals surface area contributed by atoms with E-state index >= 15 is 0 Å². The highest BCUT2D eigenvalue weighted by atomic mass is 127. The number of halogens is 2. The molecule has 0 amide bonds. The maximum Gasteiger partial charge on any atom is 0.183 e. The van der Waals surface area contributed by atoms with Crippen LogP contribution in [0.4, 0.5) is 0 Å². The molecule has 0 saturated carbocycles. The Morgan fingerprint density at radius 1 is 1.22 bits per heavy atom. The van der Waals surface area contributed by atoms with Gasteiger partial charge in [0.1, 0.15) is 30.1 Å². The van der Waals surface area contributed by atoms with Gasteiger partial charge in [-0.25, -0.2) is 0 Å². The van der Waals surface area contributed by atoms with Gasteiger partial charge in [0.25, 0.3) is 0 Å². The molecule has 0 radical (unpaired) electrons. The molecule has 2 aliphatic heterocycles. The van der Waals surface area contributed by atoms with Crippen molar-refractivity contribution in [2.75, 3.05) is 6.61 Å². The molecule has 0 spiro atoms. The van der Waals surface area contributed by atoms with Crippen LogP contribution in [0.3, 0.4) is 0 Å². The van der Waals surface area contributed by atoms with Crippen LogP contribution in [0.2, 0.25) is 0 Å². The fourth-order valence-corrected chi connectivity index (χ4v) is 5.62. The Bertz CT molecular complexity index is 970. The maximum atomic E-state index is 11.2. The molecule has 4 rings (SSSR count). The number of hydrogen-bond acceptors (Lipinski definition) is 7. The van der Waals surface area contributed by atoms with Crippen molar-refractivity contribution in [3.05, 3.63) is 60.7 Å². The lowest BCUT2D eigenvalue weighted by molar-refractivity contribution is -0.368. The quantitative estimate of drug-likeness (QED) is 0.373. The second-order valence-electron chi connectivity index (χ2n) is 8.22. The molecule has 2 saturated heterocycles. The molecule has 172 valence electrons. The summed E-state index contributed by atoms with van der Waals surface area (Å²) >= 11 is 4.26. The van der Waals surface area contributed by atoms with E-state index in [1.807, 2.05) is 42.5 Å². The molecule has 2 aromatic carbocycles. The van der Waals surface area contributed by atoms with Gasteiger partial charge in [-0.1, -0.05) is 30.3 Å². The van der Waals surface area contributed by atoms with Crippen molar-refractivity contribution in [2.45, 2.75) is 56.9 Å². The number of benzene rings is 2. The Balaban J connectivity index is 1.59. The lowest BCUT2D eigenvalue weighted by Gasteiger charge is -2.48. The fourth-order valence-electron chi connectivity index (χ4n) is 3.73. The molecule has 2 aliphatic rings. The summed E-state index contributed by atoms with van der Waals surface area (Å²) in [6.07, 6.45) is -1.31. The van der Waals surface area contributed by atoms with Gasteiger partial charge in [0.2, 0.25) is 0 Å². The van der Waals surface area contributed by atoms with E-state index < -0.39 is 36.4 Å². The minimum Gasteiger partial charge on any atom is -0.506 e. The predicted octanol–water partition coefficient (Wildman–Crippen LogP) is 3.84. The SMILES string of the molecule is CC1(C)OC[C@H]2O[C@H](OCc3ccccc3)[C@H](N=Cc3cc(I)cc(I)c3O)[C@@H](O)[C@@H]2O1. The van der Waals surface area contributed by atoms with Gasteiger partial charge < -0.3 is 29.2 Å². The second kappa shape index (κ2) is 10.2. The average Bonchev–Trinajstić information content (AvgIpc) is 2.75. The first-order chi connectivity index (χ1) is 15.2. The smallest absolute Gasteiger partial charge is 0.183 e. The summed E-state index contributed by atoms with van der Waals surface area (Å²) in [4.78, 5) is 4.60. The predicted molar refractivity (Wildman–Crippen MR) is 136 cm³/mol. The van der Waals surface area contributed by atoms with Crippen LogP contribution in [-0.4, -0.2) is 59.5 Å². The first-order valence-corrected chi connectivity index (χ1v) is 12.4. The number of aliphatic imine (C=N–C) groups is 1. The number of nitrogens with zero attached hydrogens (tertiary/aromatic N) is 1. The van der Waals surface area contributed by atoms with Crippen molar-refractivity contribution in [3.8, 4) is 5.75 Å². The van der Waals surface area contributed by atoms with Gasteiger partial charge in [-0.2, -0.15) is 0 Å². The maximum absolute atomic E-state index is 11.2. The third kappa shape index (κ3) is 5.62. The zero-order valence-electron chi connectivity index (χ0n) is 17.7. The molecular weight excluding hydrogens is 640 g/mol. The molecule has 2 fully saturated rings. The van der Waals surface area contributed by atoms with Gasteiger partial charge in [0.05, 0.1) is 16.8 Å². The number of rotatable bonds is 5. The number of phenols is 1. The van der Waals surface area contributed by atoms with Crippen molar-refractivity contribution in [1.29, 1.82) is 0 Å². The monoisotopic (exact) mass is 665 g/mol. The van der Waals surface area contributed by atoms with Crippen molar-refractivity contribution in [3.63, 3.8) is 0 Å². The van der Waals surface area contributed by atoms with E-state index in [9.17, 15) is 10.2 Å². The van der Waals surface area contributed by atoms with Crippen LogP contribution in [0, 0.1) is 7.14 Å². The number of aromatic hydroxyl groups is 1. The van der Waals surface area contributed by atoms with E-state index in [1.54, 1.807) is 20.1 Å². The topological polar surface area (TPSA) is 89.7 Å². The highest BCUT2D eigenvalue weighted by Gasteiger charge is 2.51. The molecule has 2 aromatic rings. The van der Waals surface area contributed by atoms with Gasteiger partial charge in [-0.05, 0) is 76.7 Å². The third-order valence-electron chi connectivity index (χ3n) is 5.36. The molecule has 0 aromatic heterocycles. The van der Waals surface area contributed by atoms with Crippen molar-refractivity contribution in [1.82, 2.24) is 0 Å². The molecule has 2 N–H and O–H groups in total. The molecule has 5 atom stereocenters. The normalized spacial score (nSPS) is 29.7. The van der Waals surface area contributed by atoms with E-state index in [4.69, 9.17) is 18.9 Å². The zero-order chi connectivity index (χ0) is 22.9. The lowest BCUT2D eigenvalue weighted by atomic mass is 9.95. The highest BCUT2D eigenvalue weighted by molar-refractivity contribution is 14.1. The number of hydrogen-bond donors (Lipinski definition) is 2. The second-order valence-corrected chi connectivity index (χ2v) is 10.6. The van der Waals surface area contributed by atoms with Crippen LogP contribution in [0.25, 0.3) is 0 Å². The fraction of sp³-hybridized carbons (Fsp3) is 0.435. The van der Waals surface area contributed by atoms with E-state index in [0.29, 0.717) is 12.2 Å². The molecule has 9 heteroatoms. The van der Waals surface area contributed by atoms with Crippen LogP contribution in [0.5, 0.6) is 5.75 Å². The molecule has 32 heavy (non-hydrogen) atoms. The highest BCUT2D eigenvalue weighted by Crippen LogP contribution is 2.34. The number of aliphatic hydroxyl groups excluding tert-OH is 1.